The molecule has 0 bridgehead atoms. The molecule has 112 valence electrons. The van der Waals surface area contributed by atoms with Crippen molar-refractivity contribution in [2.45, 2.75) is 52.5 Å². The Hall–Kier alpha value is -0.130. The van der Waals surface area contributed by atoms with Crippen LogP contribution in [-0.2, 0) is 10.0 Å². The third-order valence-electron chi connectivity index (χ3n) is 3.76. The summed E-state index contributed by atoms with van der Waals surface area (Å²) in [6.07, 6.45) is 4.74. The molecule has 0 aromatic rings. The van der Waals surface area contributed by atoms with Gasteiger partial charge in [0.05, 0.1) is 5.75 Å². The second-order valence-corrected chi connectivity index (χ2v) is 9.33. The molecule has 1 atom stereocenters. The predicted molar refractivity (Wildman–Crippen MR) is 78.6 cm³/mol. The average molecular weight is 288 g/mol. The van der Waals surface area contributed by atoms with Gasteiger partial charge < -0.3 is 5.32 Å². The molecular formula is C14H28N2O2S. The third-order valence-corrected chi connectivity index (χ3v) is 6.11. The van der Waals surface area contributed by atoms with Crippen LogP contribution in [0.25, 0.3) is 0 Å². The standard InChI is InChI=1S/C14H28N2O2S/c1-14(2,3)11-19(17,18)16-8-4-5-12(10-16)9-15-13-6-7-13/h12-13,15H,4-11H2,1-3H3. The summed E-state index contributed by atoms with van der Waals surface area (Å²) in [6, 6.07) is 0.710. The monoisotopic (exact) mass is 288 g/mol. The zero-order valence-electron chi connectivity index (χ0n) is 12.5. The third kappa shape index (κ3) is 5.04. The van der Waals surface area contributed by atoms with E-state index in [1.165, 1.54) is 12.8 Å². The van der Waals surface area contributed by atoms with Crippen molar-refractivity contribution in [3.8, 4) is 0 Å². The Kier molecular flexibility index (Phi) is 4.58. The molecule has 5 heteroatoms. The molecule has 1 N–H and O–H groups in total. The molecule has 0 aromatic heterocycles. The van der Waals surface area contributed by atoms with Gasteiger partial charge in [-0.2, -0.15) is 0 Å². The van der Waals surface area contributed by atoms with Crippen molar-refractivity contribution in [3.63, 3.8) is 0 Å². The molecule has 2 rings (SSSR count). The first kappa shape index (κ1) is 15.3. The molecular weight excluding hydrogens is 260 g/mol. The second-order valence-electron chi connectivity index (χ2n) is 7.37. The summed E-state index contributed by atoms with van der Waals surface area (Å²) in [6.45, 7) is 8.35. The van der Waals surface area contributed by atoms with Gasteiger partial charge in [-0.25, -0.2) is 12.7 Å². The normalized spacial score (nSPS) is 26.6. The lowest BCUT2D eigenvalue weighted by molar-refractivity contribution is 0.257. The van der Waals surface area contributed by atoms with E-state index in [-0.39, 0.29) is 11.2 Å². The summed E-state index contributed by atoms with van der Waals surface area (Å²) < 4.78 is 26.5. The summed E-state index contributed by atoms with van der Waals surface area (Å²) in [4.78, 5) is 0. The Morgan fingerprint density at radius 1 is 1.21 bits per heavy atom. The van der Waals surface area contributed by atoms with Crippen LogP contribution in [0.4, 0.5) is 0 Å². The highest BCUT2D eigenvalue weighted by Gasteiger charge is 2.32. The molecule has 0 amide bonds. The summed E-state index contributed by atoms with van der Waals surface area (Å²) in [5, 5.41) is 3.53. The van der Waals surface area contributed by atoms with E-state index in [1.807, 2.05) is 20.8 Å². The van der Waals surface area contributed by atoms with Gasteiger partial charge in [0, 0.05) is 19.1 Å². The van der Waals surface area contributed by atoms with Gasteiger partial charge in [0.25, 0.3) is 0 Å². The summed E-state index contributed by atoms with van der Waals surface area (Å²) in [5.41, 5.74) is -0.169. The van der Waals surface area contributed by atoms with Gasteiger partial charge in [0.15, 0.2) is 0 Å². The first-order chi connectivity index (χ1) is 8.76. The van der Waals surface area contributed by atoms with Crippen LogP contribution < -0.4 is 5.32 Å². The average Bonchev–Trinajstić information content (AvgIpc) is 3.07. The lowest BCUT2D eigenvalue weighted by Crippen LogP contribution is -2.45. The maximum atomic E-state index is 12.4. The lowest BCUT2D eigenvalue weighted by atomic mass is 10.00. The van der Waals surface area contributed by atoms with Gasteiger partial charge in [-0.1, -0.05) is 20.8 Å². The molecule has 2 aliphatic rings. The van der Waals surface area contributed by atoms with Crippen LogP contribution in [0.15, 0.2) is 0 Å². The van der Waals surface area contributed by atoms with Crippen LogP contribution in [0.3, 0.4) is 0 Å². The van der Waals surface area contributed by atoms with E-state index in [2.05, 4.69) is 5.32 Å². The van der Waals surface area contributed by atoms with Gasteiger partial charge in [-0.15, -0.1) is 0 Å². The van der Waals surface area contributed by atoms with Crippen LogP contribution in [0.5, 0.6) is 0 Å². The number of rotatable bonds is 5. The highest BCUT2D eigenvalue weighted by atomic mass is 32.2. The minimum atomic E-state index is -3.09. The van der Waals surface area contributed by atoms with Crippen LogP contribution in [-0.4, -0.2) is 44.2 Å². The second kappa shape index (κ2) is 5.70. The minimum absolute atomic E-state index is 0.169. The van der Waals surface area contributed by atoms with E-state index in [0.29, 0.717) is 25.0 Å². The van der Waals surface area contributed by atoms with Crippen LogP contribution >= 0.6 is 0 Å². The molecule has 1 aliphatic carbocycles. The largest absolute Gasteiger partial charge is 0.314 e. The fourth-order valence-corrected chi connectivity index (χ4v) is 4.83. The highest BCUT2D eigenvalue weighted by molar-refractivity contribution is 7.89. The smallest absolute Gasteiger partial charge is 0.214 e. The Morgan fingerprint density at radius 3 is 2.47 bits per heavy atom. The van der Waals surface area contributed by atoms with Crippen molar-refractivity contribution in [1.82, 2.24) is 9.62 Å². The molecule has 19 heavy (non-hydrogen) atoms. The van der Waals surface area contributed by atoms with Crippen molar-refractivity contribution >= 4 is 10.0 Å². The molecule has 1 unspecified atom stereocenters. The molecule has 1 heterocycles. The van der Waals surface area contributed by atoms with E-state index in [1.54, 1.807) is 4.31 Å². The zero-order valence-corrected chi connectivity index (χ0v) is 13.3. The maximum absolute atomic E-state index is 12.4. The molecule has 2 fully saturated rings. The molecule has 0 spiro atoms. The quantitative estimate of drug-likeness (QED) is 0.839. The van der Waals surface area contributed by atoms with Crippen molar-refractivity contribution < 1.29 is 8.42 Å². The van der Waals surface area contributed by atoms with Gasteiger partial charge in [-0.05, 0) is 43.6 Å². The van der Waals surface area contributed by atoms with E-state index >= 15 is 0 Å². The van der Waals surface area contributed by atoms with E-state index in [9.17, 15) is 8.42 Å². The number of hydrogen-bond acceptors (Lipinski definition) is 3. The topological polar surface area (TPSA) is 49.4 Å². The van der Waals surface area contributed by atoms with E-state index in [0.717, 1.165) is 19.4 Å². The Balaban J connectivity index is 1.88. The molecule has 1 saturated heterocycles. The van der Waals surface area contributed by atoms with Gasteiger partial charge in [0.1, 0.15) is 0 Å². The Morgan fingerprint density at radius 2 is 1.89 bits per heavy atom. The first-order valence-electron chi connectivity index (χ1n) is 7.47. The number of hydrogen-bond donors (Lipinski definition) is 1. The Bertz CT molecular complexity index is 396. The van der Waals surface area contributed by atoms with Crippen LogP contribution in [0, 0.1) is 11.3 Å². The van der Waals surface area contributed by atoms with Crippen molar-refractivity contribution in [1.29, 1.82) is 0 Å². The summed E-state index contributed by atoms with van der Waals surface area (Å²) in [7, 11) is -3.09. The molecule has 4 nitrogen and oxygen atoms in total. The van der Waals surface area contributed by atoms with Gasteiger partial charge in [-0.3, -0.25) is 0 Å². The highest BCUT2D eigenvalue weighted by Crippen LogP contribution is 2.25. The number of piperidine rings is 1. The fraction of sp³-hybridized carbons (Fsp3) is 1.00. The summed E-state index contributed by atoms with van der Waals surface area (Å²) in [5.74, 6) is 0.743. The van der Waals surface area contributed by atoms with Crippen molar-refractivity contribution in [2.75, 3.05) is 25.4 Å². The number of nitrogens with one attached hydrogen (secondary N) is 1. The van der Waals surface area contributed by atoms with E-state index in [4.69, 9.17) is 0 Å². The zero-order chi connectivity index (χ0) is 14.1. The number of sulfonamides is 1. The molecule has 0 radical (unpaired) electrons. The molecule has 1 saturated carbocycles. The Labute approximate surface area is 118 Å². The van der Waals surface area contributed by atoms with Crippen LogP contribution in [0.2, 0.25) is 0 Å². The fourth-order valence-electron chi connectivity index (χ4n) is 2.71. The minimum Gasteiger partial charge on any atom is -0.314 e. The first-order valence-corrected chi connectivity index (χ1v) is 9.08. The predicted octanol–water partition coefficient (Wildman–Crippen LogP) is 1.83. The maximum Gasteiger partial charge on any atom is 0.214 e. The molecule has 0 aromatic carbocycles. The lowest BCUT2D eigenvalue weighted by Gasteiger charge is -2.34. The van der Waals surface area contributed by atoms with E-state index < -0.39 is 10.0 Å². The SMILES string of the molecule is CC(C)(C)CS(=O)(=O)N1CCCC(CNC2CC2)C1. The number of nitrogens with zero attached hydrogens (tertiary/aromatic N) is 1. The van der Waals surface area contributed by atoms with Crippen molar-refractivity contribution in [3.05, 3.63) is 0 Å². The van der Waals surface area contributed by atoms with Gasteiger partial charge >= 0.3 is 0 Å². The van der Waals surface area contributed by atoms with Crippen molar-refractivity contribution in [2.24, 2.45) is 11.3 Å². The van der Waals surface area contributed by atoms with Gasteiger partial charge in [0.2, 0.25) is 10.0 Å². The summed E-state index contributed by atoms with van der Waals surface area (Å²) >= 11 is 0. The molecule has 1 aliphatic heterocycles. The van der Waals surface area contributed by atoms with Crippen LogP contribution in [0.1, 0.15) is 46.5 Å².